The Labute approximate surface area is 931 Å². The van der Waals surface area contributed by atoms with E-state index < -0.39 is 0 Å². The van der Waals surface area contributed by atoms with Gasteiger partial charge in [-0.3, -0.25) is 0 Å². The van der Waals surface area contributed by atoms with Gasteiger partial charge in [0.15, 0.2) is 0 Å². The first-order valence-electron chi connectivity index (χ1n) is 59.3. The van der Waals surface area contributed by atoms with Crippen molar-refractivity contribution in [2.45, 2.75) is 524 Å². The standard InChI is InChI=1S/C136H180S10/c1-21-41-61-97-98(62-42-22-2)118-82-84-120-100(64-44-24-4)102(66-46-26-6)122(139-120)86-88-124-104(68-48-28-8)106(70-50-30-10)126(141-124)90-92-128-108(72-52-32-12)110(74-54-34-14)130(143-128)94-96-132-112(76-56-36-16)114(78-58-38-18)134(145-132)136-116(80-60-40-20)115(79-59-39-19)135(146-136)133-113(77-57-37-17)111(75-55-35-15)131(144-133)95-93-129-109(73-53-33-13)107(71-51-31-11)127(142-129)91-89-125-105(69-49-29-9)103(67-47-27-7)123(140-125)87-85-121-101(65-45-25-5)99(63-43-23-3)119(138-121)83-81-117(97)137-118/h21-80H2,1-20H3. The lowest BCUT2D eigenvalue weighted by Gasteiger charge is -2.11. The van der Waals surface area contributed by atoms with Gasteiger partial charge < -0.3 is 0 Å². The molecule has 0 saturated heterocycles. The van der Waals surface area contributed by atoms with E-state index in [0.29, 0.717) is 0 Å². The topological polar surface area (TPSA) is 0 Å². The first-order chi connectivity index (χ1) is 71.7. The summed E-state index contributed by atoms with van der Waals surface area (Å²) < 4.78 is 0. The summed E-state index contributed by atoms with van der Waals surface area (Å²) in [6.45, 7) is 47.5. The van der Waals surface area contributed by atoms with Gasteiger partial charge in [0, 0.05) is 19.5 Å². The first kappa shape index (κ1) is 120. The van der Waals surface area contributed by atoms with Crippen LogP contribution in [0.4, 0.5) is 0 Å². The van der Waals surface area contributed by atoms with Crippen molar-refractivity contribution >= 4 is 113 Å². The van der Waals surface area contributed by atoms with Crippen molar-refractivity contribution in [2.24, 2.45) is 0 Å². The van der Waals surface area contributed by atoms with Gasteiger partial charge >= 0.3 is 0 Å². The summed E-state index contributed by atoms with van der Waals surface area (Å²) in [7, 11) is 0. The summed E-state index contributed by atoms with van der Waals surface area (Å²) in [6.07, 6.45) is 66.6. The predicted molar refractivity (Wildman–Crippen MR) is 661 cm³/mol. The van der Waals surface area contributed by atoms with Crippen LogP contribution in [0.5, 0.6) is 0 Å². The van der Waals surface area contributed by atoms with E-state index >= 15 is 0 Å². The zero-order valence-corrected chi connectivity index (χ0v) is 103. The maximum Gasteiger partial charge on any atom is 0.0820 e. The van der Waals surface area contributed by atoms with Crippen molar-refractivity contribution in [2.75, 3.05) is 0 Å². The number of rotatable bonds is 60. The van der Waals surface area contributed by atoms with Gasteiger partial charge in [-0.15, -0.1) is 113 Å². The molecule has 0 saturated carbocycles. The fourth-order valence-electron chi connectivity index (χ4n) is 20.6. The highest BCUT2D eigenvalue weighted by Crippen LogP contribution is 2.53. The number of hydrogen-bond acceptors (Lipinski definition) is 10. The van der Waals surface area contributed by atoms with E-state index in [-0.39, 0.29) is 0 Å². The van der Waals surface area contributed by atoms with Crippen LogP contribution in [-0.4, -0.2) is 0 Å². The number of fused-ring (bicyclic) bond motifs is 22. The smallest absolute Gasteiger partial charge is 0.0820 e. The van der Waals surface area contributed by atoms with Crippen LogP contribution >= 0.6 is 113 Å². The lowest BCUT2D eigenvalue weighted by Crippen LogP contribution is -1.98. The monoisotopic (exact) mass is 2130 g/mol. The maximum absolute atomic E-state index is 4.20. The molecule has 0 aromatic carbocycles. The Morgan fingerprint density at radius 2 is 0.171 bits per heavy atom. The van der Waals surface area contributed by atoms with Crippen LogP contribution in [0, 0.1) is 94.7 Å². The van der Waals surface area contributed by atoms with Crippen molar-refractivity contribution in [1.82, 2.24) is 0 Å². The van der Waals surface area contributed by atoms with Gasteiger partial charge in [-0.25, -0.2) is 0 Å². The van der Waals surface area contributed by atoms with Gasteiger partial charge in [-0.2, -0.15) is 0 Å². The molecule has 0 nitrogen and oxygen atoms in total. The van der Waals surface area contributed by atoms with E-state index in [9.17, 15) is 0 Å². The molecule has 10 aromatic heterocycles. The van der Waals surface area contributed by atoms with E-state index in [4.69, 9.17) is 0 Å². The average molecular weight is 2140 g/mol. The summed E-state index contributed by atoms with van der Waals surface area (Å²) >= 11 is 19.7. The third-order valence-electron chi connectivity index (χ3n) is 29.5. The first-order valence-corrected chi connectivity index (χ1v) is 67.5. The van der Waals surface area contributed by atoms with Gasteiger partial charge in [-0.1, -0.05) is 267 Å². The van der Waals surface area contributed by atoms with Gasteiger partial charge in [0.05, 0.1) is 78.0 Å². The molecule has 0 amide bonds. The Morgan fingerprint density at radius 3 is 0.274 bits per heavy atom. The van der Waals surface area contributed by atoms with E-state index in [1.807, 2.05) is 79.4 Å². The van der Waals surface area contributed by atoms with E-state index in [1.165, 1.54) is 215 Å². The van der Waals surface area contributed by atoms with Crippen LogP contribution in [0.25, 0.3) is 19.5 Å². The molecule has 146 heavy (non-hydrogen) atoms. The largest absolute Gasteiger partial charge is 0.133 e. The van der Waals surface area contributed by atoms with Crippen molar-refractivity contribution in [3.05, 3.63) is 189 Å². The molecule has 0 fully saturated rings. The highest BCUT2D eigenvalue weighted by molar-refractivity contribution is 7.27. The van der Waals surface area contributed by atoms with E-state index in [2.05, 4.69) is 267 Å². The molecule has 784 valence electrons. The van der Waals surface area contributed by atoms with E-state index in [1.54, 1.807) is 32.0 Å². The van der Waals surface area contributed by atoms with Crippen molar-refractivity contribution in [1.29, 1.82) is 0 Å². The second-order valence-electron chi connectivity index (χ2n) is 41.2. The van der Waals surface area contributed by atoms with Crippen LogP contribution in [0.2, 0.25) is 0 Å². The molecule has 1 aliphatic rings. The van der Waals surface area contributed by atoms with Gasteiger partial charge in [0.1, 0.15) is 0 Å². The molecule has 10 aromatic rings. The minimum atomic E-state index is 1.02. The number of thiophene rings is 10. The Hall–Kier alpha value is -6.52. The molecule has 11 heterocycles. The molecule has 0 spiro atoms. The highest BCUT2D eigenvalue weighted by Gasteiger charge is 2.32. The molecule has 0 radical (unpaired) electrons. The van der Waals surface area contributed by atoms with Crippen LogP contribution in [0.1, 0.15) is 585 Å². The summed E-state index contributed by atoms with van der Waals surface area (Å²) in [4.78, 5) is 25.9. The maximum atomic E-state index is 4.20. The van der Waals surface area contributed by atoms with Crippen LogP contribution < -0.4 is 0 Å². The molecule has 10 heteroatoms. The fraction of sp³-hybridized carbons (Fsp3) is 0.588. The quantitative estimate of drug-likeness (QED) is 0.0333. The number of hydrogen-bond donors (Lipinski definition) is 0. The van der Waals surface area contributed by atoms with Crippen molar-refractivity contribution in [3.63, 3.8) is 0 Å². The van der Waals surface area contributed by atoms with Crippen LogP contribution in [0.3, 0.4) is 0 Å². The molecular formula is C136H180S10. The second-order valence-corrected chi connectivity index (χ2v) is 51.5. The summed E-state index contributed by atoms with van der Waals surface area (Å²) in [5.74, 6) is 65.5. The van der Waals surface area contributed by atoms with Crippen molar-refractivity contribution < 1.29 is 0 Å². The second kappa shape index (κ2) is 65.8. The molecular weight excluding hydrogens is 1950 g/mol. The number of unbranched alkanes of at least 4 members (excludes halogenated alkanes) is 20. The van der Waals surface area contributed by atoms with Gasteiger partial charge in [-0.05, 0) is 463 Å². The molecule has 0 aliphatic carbocycles. The Kier molecular flexibility index (Phi) is 53.9. The Morgan fingerprint density at radius 1 is 0.0959 bits per heavy atom. The van der Waals surface area contributed by atoms with E-state index in [0.717, 1.165) is 347 Å². The molecule has 0 N–H and O–H groups in total. The normalized spacial score (nSPS) is 11.7. The predicted octanol–water partition coefficient (Wildman–Crippen LogP) is 42.0. The molecule has 11 rings (SSSR count). The molecule has 0 unspecified atom stereocenters. The minimum Gasteiger partial charge on any atom is -0.133 e. The summed E-state index contributed by atoms with van der Waals surface area (Å²) in [6, 6.07) is 0. The third-order valence-corrected chi connectivity index (χ3v) is 41.2. The Balaban J connectivity index is 1.25. The zero-order valence-electron chi connectivity index (χ0n) is 94.5. The molecule has 1 aliphatic heterocycles. The molecule has 0 atom stereocenters. The average Bonchev–Trinajstić information content (AvgIpc) is 1.58. The van der Waals surface area contributed by atoms with Crippen LogP contribution in [0.15, 0.2) is 0 Å². The zero-order chi connectivity index (χ0) is 104. The third kappa shape index (κ3) is 32.3. The van der Waals surface area contributed by atoms with Crippen molar-refractivity contribution in [3.8, 4) is 114 Å². The minimum absolute atomic E-state index is 1.02. The fourth-order valence-corrected chi connectivity index (χ4v) is 32.6. The highest BCUT2D eigenvalue weighted by atomic mass is 32.1. The summed E-state index contributed by atoms with van der Waals surface area (Å²) in [5, 5.41) is 0. The summed E-state index contributed by atoms with van der Waals surface area (Å²) in [5.41, 5.74) is 29.9. The van der Waals surface area contributed by atoms with Gasteiger partial charge in [0.25, 0.3) is 0 Å². The van der Waals surface area contributed by atoms with Crippen LogP contribution in [-0.2, 0) is 128 Å². The van der Waals surface area contributed by atoms with Gasteiger partial charge in [0.2, 0.25) is 0 Å². The molecule has 20 bridgehead atoms. The lowest BCUT2D eigenvalue weighted by atomic mass is 9.92. The SMILES string of the molecule is CCCCc1c2sc(c1CCCC)C#Cc1sc(c(CCCC)c1CCCC)C#Cc1sc(c(CCCC)c1CCCC)C#Cc1sc(c(CCCC)c1CCCC)C#Cc1sc(c(CCCC)c1CCCC)-c1sc(c(CCCC)c1CCCC)-c1sc(c(CCCC)c1CCCC)C#Cc1sc(c(CCCC)c1CCCC)C#Cc1sc(c(CCCC)c1CCCC)C#Cc1sc(c(CCCC)c1CCCC)C#C2. The Bertz CT molecular complexity index is 5960. The lowest BCUT2D eigenvalue weighted by molar-refractivity contribution is 0.758.